The van der Waals surface area contributed by atoms with Crippen LogP contribution < -0.4 is 4.74 Å². The number of hydrogen-bond donors (Lipinski definition) is 0. The van der Waals surface area contributed by atoms with Gasteiger partial charge in [-0.1, -0.05) is 18.9 Å². The predicted octanol–water partition coefficient (Wildman–Crippen LogP) is 4.63. The summed E-state index contributed by atoms with van der Waals surface area (Å²) in [7, 11) is 0. The van der Waals surface area contributed by atoms with Crippen LogP contribution in [0.15, 0.2) is 48.3 Å². The second-order valence-electron chi connectivity index (χ2n) is 6.26. The van der Waals surface area contributed by atoms with Gasteiger partial charge in [0.05, 0.1) is 6.42 Å². The number of allylic oxidation sites excluding steroid dienone is 3. The molecule has 1 aromatic carbocycles. The summed E-state index contributed by atoms with van der Waals surface area (Å²) < 4.78 is 5.75. The van der Waals surface area contributed by atoms with Crippen LogP contribution in [-0.4, -0.2) is 11.6 Å². The first-order chi connectivity index (χ1) is 11.2. The van der Waals surface area contributed by atoms with Crippen LogP contribution in [-0.2, 0) is 4.79 Å². The van der Waals surface area contributed by atoms with Crippen molar-refractivity contribution in [1.82, 2.24) is 0 Å². The molecule has 0 bridgehead atoms. The van der Waals surface area contributed by atoms with Gasteiger partial charge in [0.1, 0.15) is 17.3 Å². The number of carbonyl (C=O) groups is 2. The maximum absolute atomic E-state index is 12.2. The van der Waals surface area contributed by atoms with E-state index < -0.39 is 0 Å². The summed E-state index contributed by atoms with van der Waals surface area (Å²) >= 11 is 0. The van der Waals surface area contributed by atoms with Crippen molar-refractivity contribution in [2.75, 3.05) is 0 Å². The van der Waals surface area contributed by atoms with E-state index in [1.807, 2.05) is 6.08 Å². The number of ether oxygens (including phenoxy) is 1. The highest BCUT2D eigenvalue weighted by atomic mass is 16.5. The van der Waals surface area contributed by atoms with E-state index in [1.165, 1.54) is 0 Å². The molecule has 0 unspecified atom stereocenters. The minimum atomic E-state index is -0.0924. The maximum Gasteiger partial charge on any atom is 0.170 e. The minimum Gasteiger partial charge on any atom is -0.458 e. The molecule has 3 rings (SSSR count). The van der Waals surface area contributed by atoms with Gasteiger partial charge in [0.15, 0.2) is 5.78 Å². The van der Waals surface area contributed by atoms with Crippen LogP contribution in [0, 0.1) is 5.92 Å². The summed E-state index contributed by atoms with van der Waals surface area (Å²) in [6, 6.07) is 7.06. The van der Waals surface area contributed by atoms with E-state index in [2.05, 4.69) is 12.2 Å². The molecule has 1 saturated carbocycles. The average Bonchev–Trinajstić information content (AvgIpc) is 3.11. The Labute approximate surface area is 137 Å². The lowest BCUT2D eigenvalue weighted by Crippen LogP contribution is -2.15. The first-order valence-corrected chi connectivity index (χ1v) is 8.43. The number of Topliss-reactive ketones (excluding diaryl/α,β-unsaturated/α-hetero) is 2. The number of rotatable bonds is 6. The fourth-order valence-corrected chi connectivity index (χ4v) is 3.16. The van der Waals surface area contributed by atoms with E-state index in [9.17, 15) is 9.59 Å². The Morgan fingerprint density at radius 1 is 1.04 bits per heavy atom. The molecule has 23 heavy (non-hydrogen) atoms. The van der Waals surface area contributed by atoms with Gasteiger partial charge in [0, 0.05) is 11.5 Å². The highest BCUT2D eigenvalue weighted by Gasteiger charge is 2.24. The molecule has 2 aliphatic rings. The van der Waals surface area contributed by atoms with Crippen molar-refractivity contribution in [3.63, 3.8) is 0 Å². The first-order valence-electron chi connectivity index (χ1n) is 8.43. The highest BCUT2D eigenvalue weighted by Crippen LogP contribution is 2.27. The second kappa shape index (κ2) is 7.40. The summed E-state index contributed by atoms with van der Waals surface area (Å²) in [5.41, 5.74) is 0.580. The SMILES string of the molecule is O=C(CC(=O)C1CCCC1)c1ccc(OC2=CCCC=C2)cc1. The van der Waals surface area contributed by atoms with E-state index in [-0.39, 0.29) is 23.9 Å². The molecule has 0 saturated heterocycles. The minimum absolute atomic E-state index is 0.0265. The molecule has 3 nitrogen and oxygen atoms in total. The third-order valence-electron chi connectivity index (χ3n) is 4.52. The standard InChI is InChI=1S/C20H22O3/c21-19(15-6-4-5-7-15)14-20(22)16-10-12-18(13-11-16)23-17-8-2-1-3-9-17/h2,8-13,15H,1,3-7,14H2. The van der Waals surface area contributed by atoms with E-state index >= 15 is 0 Å². The van der Waals surface area contributed by atoms with Crippen molar-refractivity contribution in [1.29, 1.82) is 0 Å². The van der Waals surface area contributed by atoms with E-state index in [0.717, 1.165) is 44.3 Å². The fraction of sp³-hybridized carbons (Fsp3) is 0.400. The van der Waals surface area contributed by atoms with Gasteiger partial charge in [-0.2, -0.15) is 0 Å². The summed E-state index contributed by atoms with van der Waals surface area (Å²) in [5, 5.41) is 0. The van der Waals surface area contributed by atoms with Gasteiger partial charge in [-0.3, -0.25) is 9.59 Å². The first kappa shape index (κ1) is 15.7. The molecule has 0 aliphatic heterocycles. The van der Waals surface area contributed by atoms with Crippen molar-refractivity contribution >= 4 is 11.6 Å². The second-order valence-corrected chi connectivity index (χ2v) is 6.26. The molecule has 3 heteroatoms. The molecule has 0 radical (unpaired) electrons. The molecule has 0 amide bonds. The van der Waals surface area contributed by atoms with Gasteiger partial charge in [-0.15, -0.1) is 0 Å². The Balaban J connectivity index is 1.57. The molecule has 1 fully saturated rings. The summed E-state index contributed by atoms with van der Waals surface area (Å²) in [5.74, 6) is 1.66. The molecule has 0 spiro atoms. The molecule has 120 valence electrons. The summed E-state index contributed by atoms with van der Waals surface area (Å²) in [6.45, 7) is 0. The molecular formula is C20H22O3. The number of ketones is 2. The van der Waals surface area contributed by atoms with Crippen molar-refractivity contribution in [2.24, 2.45) is 5.92 Å². The van der Waals surface area contributed by atoms with Crippen LogP contribution in [0.5, 0.6) is 5.75 Å². The van der Waals surface area contributed by atoms with Gasteiger partial charge < -0.3 is 4.74 Å². The van der Waals surface area contributed by atoms with Crippen LogP contribution in [0.25, 0.3) is 0 Å². The van der Waals surface area contributed by atoms with Crippen molar-refractivity contribution < 1.29 is 14.3 Å². The lowest BCUT2D eigenvalue weighted by molar-refractivity contribution is -0.121. The lowest BCUT2D eigenvalue weighted by Gasteiger charge is -2.10. The van der Waals surface area contributed by atoms with Crippen LogP contribution in [0.3, 0.4) is 0 Å². The number of carbonyl (C=O) groups excluding carboxylic acids is 2. The zero-order valence-corrected chi connectivity index (χ0v) is 13.3. The largest absolute Gasteiger partial charge is 0.458 e. The smallest absolute Gasteiger partial charge is 0.170 e. The van der Waals surface area contributed by atoms with Crippen molar-refractivity contribution in [3.05, 3.63) is 53.8 Å². The predicted molar refractivity (Wildman–Crippen MR) is 89.4 cm³/mol. The summed E-state index contributed by atoms with van der Waals surface area (Å²) in [4.78, 5) is 24.3. The van der Waals surface area contributed by atoms with Crippen LogP contribution in [0.4, 0.5) is 0 Å². The number of benzene rings is 1. The normalized spacial score (nSPS) is 17.8. The Kier molecular flexibility index (Phi) is 5.06. The van der Waals surface area contributed by atoms with Gasteiger partial charge in [0.25, 0.3) is 0 Å². The van der Waals surface area contributed by atoms with Crippen molar-refractivity contribution in [3.8, 4) is 5.75 Å². The van der Waals surface area contributed by atoms with Gasteiger partial charge in [-0.05, 0) is 62.1 Å². The monoisotopic (exact) mass is 310 g/mol. The van der Waals surface area contributed by atoms with Crippen molar-refractivity contribution in [2.45, 2.75) is 44.9 Å². The Bertz CT molecular complexity index is 631. The molecule has 0 aromatic heterocycles. The molecular weight excluding hydrogens is 288 g/mol. The highest BCUT2D eigenvalue weighted by molar-refractivity contribution is 6.08. The van der Waals surface area contributed by atoms with Crippen LogP contribution in [0.1, 0.15) is 55.3 Å². The molecule has 1 aromatic rings. The quantitative estimate of drug-likeness (QED) is 0.568. The van der Waals surface area contributed by atoms with Gasteiger partial charge in [0.2, 0.25) is 0 Å². The third-order valence-corrected chi connectivity index (χ3v) is 4.52. The molecule has 0 N–H and O–H groups in total. The van der Waals surface area contributed by atoms with E-state index in [1.54, 1.807) is 24.3 Å². The Morgan fingerprint density at radius 2 is 1.78 bits per heavy atom. The topological polar surface area (TPSA) is 43.4 Å². The van der Waals surface area contributed by atoms with Gasteiger partial charge in [-0.25, -0.2) is 0 Å². The van der Waals surface area contributed by atoms with E-state index in [4.69, 9.17) is 4.74 Å². The summed E-state index contributed by atoms with van der Waals surface area (Å²) in [6.07, 6.45) is 12.3. The zero-order chi connectivity index (χ0) is 16.1. The molecule has 0 heterocycles. The average molecular weight is 310 g/mol. The van der Waals surface area contributed by atoms with Crippen LogP contribution >= 0.6 is 0 Å². The molecule has 0 atom stereocenters. The van der Waals surface area contributed by atoms with Gasteiger partial charge >= 0.3 is 0 Å². The third kappa shape index (κ3) is 4.19. The fourth-order valence-electron chi connectivity index (χ4n) is 3.16. The lowest BCUT2D eigenvalue weighted by atomic mass is 9.96. The van der Waals surface area contributed by atoms with Crippen LogP contribution in [0.2, 0.25) is 0 Å². The maximum atomic E-state index is 12.2. The number of hydrogen-bond acceptors (Lipinski definition) is 3. The van der Waals surface area contributed by atoms with E-state index in [0.29, 0.717) is 11.3 Å². The zero-order valence-electron chi connectivity index (χ0n) is 13.3. The Morgan fingerprint density at radius 3 is 2.43 bits per heavy atom. The Hall–Kier alpha value is -2.16. The molecule has 2 aliphatic carbocycles.